The monoisotopic (exact) mass is 755 g/mol. The number of benzene rings is 1. The standard InChI is InChI=1S/C39H46ClN9O3S/c1-23-33(53-39-36(23)37(26-10-12-27(40)13-11-26)41-19-34-45-43-24(2)49(34)39)16-14-28-20-47(46-44-28)18-5-3-4-7-25-8-6-9-29-30(25)21-48(32(29)22-50)31-15-17-35(51)42-38(31)52/h6,8-9,20,23,26-27,31-33,50H,3-5,7,10-13,15,17-19,21-22H2,1-2H3,(H,42,51,52). The predicted molar refractivity (Wildman–Crippen MR) is 204 cm³/mol. The molecule has 0 radical (unpaired) electrons. The van der Waals surface area contributed by atoms with Gasteiger partial charge in [-0.05, 0) is 80.9 Å². The molecule has 1 aromatic carbocycles. The average molecular weight is 756 g/mol. The lowest BCUT2D eigenvalue weighted by atomic mass is 9.79. The van der Waals surface area contributed by atoms with Crippen LogP contribution in [0.15, 0.2) is 35.0 Å². The minimum absolute atomic E-state index is 0.0515. The van der Waals surface area contributed by atoms with Crippen LogP contribution in [0, 0.1) is 30.6 Å². The summed E-state index contributed by atoms with van der Waals surface area (Å²) in [6.07, 6.45) is 10.8. The second-order valence-corrected chi connectivity index (χ2v) is 16.7. The average Bonchev–Trinajstić information content (AvgIpc) is 3.91. The van der Waals surface area contributed by atoms with Gasteiger partial charge in [0.1, 0.15) is 5.82 Å². The molecular formula is C39H46ClN9O3S. The van der Waals surface area contributed by atoms with Crippen molar-refractivity contribution in [3.63, 3.8) is 0 Å². The van der Waals surface area contributed by atoms with Gasteiger partial charge in [-0.25, -0.2) is 0 Å². The van der Waals surface area contributed by atoms with Crippen LogP contribution >= 0.6 is 23.4 Å². The minimum atomic E-state index is -0.407. The number of aromatic nitrogens is 6. The maximum atomic E-state index is 12.6. The molecule has 1 saturated carbocycles. The summed E-state index contributed by atoms with van der Waals surface area (Å²) in [5, 5.41) is 31.8. The van der Waals surface area contributed by atoms with Crippen molar-refractivity contribution in [3.05, 3.63) is 64.0 Å². The van der Waals surface area contributed by atoms with E-state index in [4.69, 9.17) is 16.6 Å². The Labute approximate surface area is 319 Å². The summed E-state index contributed by atoms with van der Waals surface area (Å²) in [7, 11) is 0. The van der Waals surface area contributed by atoms with Gasteiger partial charge < -0.3 is 5.11 Å². The number of aryl methyl sites for hydroxylation is 3. The fourth-order valence-electron chi connectivity index (χ4n) is 8.76. The second kappa shape index (κ2) is 15.5. The van der Waals surface area contributed by atoms with Crippen molar-refractivity contribution in [1.29, 1.82) is 0 Å². The van der Waals surface area contributed by atoms with Crippen LogP contribution in [0.25, 0.3) is 5.03 Å². The number of fused-ring (bicyclic) bond motifs is 3. The molecule has 2 N–H and O–H groups in total. The maximum Gasteiger partial charge on any atom is 0.243 e. The maximum absolute atomic E-state index is 12.6. The molecule has 4 unspecified atom stereocenters. The molecule has 0 bridgehead atoms. The fraction of sp³-hybridized carbons (Fsp3) is 0.564. The molecule has 1 saturated heterocycles. The van der Waals surface area contributed by atoms with Gasteiger partial charge in [0, 0.05) is 48.0 Å². The van der Waals surface area contributed by atoms with E-state index in [1.165, 1.54) is 27.4 Å². The van der Waals surface area contributed by atoms with Crippen LogP contribution in [0.3, 0.4) is 0 Å². The Morgan fingerprint density at radius 3 is 2.74 bits per heavy atom. The molecule has 3 aromatic rings. The van der Waals surface area contributed by atoms with Crippen LogP contribution in [0.4, 0.5) is 0 Å². The van der Waals surface area contributed by atoms with E-state index < -0.39 is 6.04 Å². The van der Waals surface area contributed by atoms with Gasteiger partial charge in [-0.2, -0.15) is 0 Å². The smallest absolute Gasteiger partial charge is 0.243 e. The van der Waals surface area contributed by atoms with Crippen LogP contribution in [0.2, 0.25) is 0 Å². The first-order valence-electron chi connectivity index (χ1n) is 19.0. The Kier molecular flexibility index (Phi) is 10.6. The number of allylic oxidation sites excluding steroid dienone is 1. The lowest BCUT2D eigenvalue weighted by Crippen LogP contribution is -2.52. The zero-order valence-corrected chi connectivity index (χ0v) is 31.9. The molecule has 2 aromatic heterocycles. The molecule has 2 amide bonds. The number of carbonyl (C=O) groups is 2. The quantitative estimate of drug-likeness (QED) is 0.134. The number of carbonyl (C=O) groups excluding carboxylic acids is 2. The molecule has 278 valence electrons. The number of aliphatic hydroxyl groups is 1. The van der Waals surface area contributed by atoms with E-state index in [0.29, 0.717) is 37.5 Å². The van der Waals surface area contributed by atoms with Crippen molar-refractivity contribution in [1.82, 2.24) is 40.0 Å². The summed E-state index contributed by atoms with van der Waals surface area (Å²) in [4.78, 5) is 31.6. The summed E-state index contributed by atoms with van der Waals surface area (Å²) < 4.78 is 4.07. The van der Waals surface area contributed by atoms with Crippen molar-refractivity contribution in [2.24, 2.45) is 16.8 Å². The third-order valence-corrected chi connectivity index (χ3v) is 13.4. The van der Waals surface area contributed by atoms with Gasteiger partial charge in [0.05, 0.1) is 41.7 Å². The van der Waals surface area contributed by atoms with Crippen molar-refractivity contribution < 1.29 is 14.7 Å². The highest BCUT2D eigenvalue weighted by Gasteiger charge is 2.42. The summed E-state index contributed by atoms with van der Waals surface area (Å²) in [5.74, 6) is 8.73. The highest BCUT2D eigenvalue weighted by molar-refractivity contribution is 8.09. The molecule has 6 heterocycles. The molecule has 2 fully saturated rings. The third-order valence-electron chi connectivity index (χ3n) is 11.6. The van der Waals surface area contributed by atoms with Gasteiger partial charge >= 0.3 is 0 Å². The molecule has 4 aliphatic heterocycles. The molecule has 1 aliphatic carbocycles. The van der Waals surface area contributed by atoms with Gasteiger partial charge in [-0.15, -0.1) is 26.9 Å². The molecule has 0 spiro atoms. The van der Waals surface area contributed by atoms with E-state index in [9.17, 15) is 14.7 Å². The van der Waals surface area contributed by atoms with Gasteiger partial charge in [-0.1, -0.05) is 54.4 Å². The molecule has 53 heavy (non-hydrogen) atoms. The Morgan fingerprint density at radius 2 is 1.92 bits per heavy atom. The zero-order chi connectivity index (χ0) is 36.6. The van der Waals surface area contributed by atoms with E-state index in [2.05, 4.69) is 66.2 Å². The number of alkyl halides is 1. The van der Waals surface area contributed by atoms with Crippen LogP contribution < -0.4 is 5.32 Å². The topological polar surface area (TPSA) is 143 Å². The van der Waals surface area contributed by atoms with E-state index >= 15 is 0 Å². The second-order valence-electron chi connectivity index (χ2n) is 15.0. The lowest BCUT2D eigenvalue weighted by molar-refractivity contribution is -0.138. The van der Waals surface area contributed by atoms with Crippen molar-refractivity contribution >= 4 is 45.9 Å². The van der Waals surface area contributed by atoms with Gasteiger partial charge in [0.15, 0.2) is 11.5 Å². The minimum Gasteiger partial charge on any atom is -0.394 e. The number of aliphatic hydroxyl groups excluding tert-OH is 1. The normalized spacial score (nSPS) is 27.1. The number of piperidine rings is 1. The van der Waals surface area contributed by atoms with Crippen LogP contribution in [0.1, 0.15) is 105 Å². The molecular weight excluding hydrogens is 710 g/mol. The molecule has 14 heteroatoms. The summed E-state index contributed by atoms with van der Waals surface area (Å²) in [5.41, 5.74) is 6.73. The van der Waals surface area contributed by atoms with Crippen molar-refractivity contribution in [3.8, 4) is 11.8 Å². The van der Waals surface area contributed by atoms with Gasteiger partial charge in [0.2, 0.25) is 11.8 Å². The Bertz CT molecular complexity index is 2020. The van der Waals surface area contributed by atoms with E-state index in [1.54, 1.807) is 11.8 Å². The van der Waals surface area contributed by atoms with Gasteiger partial charge in [0.25, 0.3) is 0 Å². The van der Waals surface area contributed by atoms with Gasteiger partial charge in [-0.3, -0.25) is 34.0 Å². The number of hydrogen-bond donors (Lipinski definition) is 2. The van der Waals surface area contributed by atoms with E-state index in [1.807, 2.05) is 23.9 Å². The fourth-order valence-corrected chi connectivity index (χ4v) is 10.5. The number of nitrogens with one attached hydrogen (secondary N) is 1. The zero-order valence-electron chi connectivity index (χ0n) is 30.3. The summed E-state index contributed by atoms with van der Waals surface area (Å²) >= 11 is 8.27. The largest absolute Gasteiger partial charge is 0.394 e. The van der Waals surface area contributed by atoms with E-state index in [0.717, 1.165) is 75.1 Å². The van der Waals surface area contributed by atoms with Crippen molar-refractivity contribution in [2.45, 2.75) is 120 Å². The third kappa shape index (κ3) is 7.23. The van der Waals surface area contributed by atoms with E-state index in [-0.39, 0.29) is 41.0 Å². The number of imide groups is 1. The highest BCUT2D eigenvalue weighted by atomic mass is 35.5. The Morgan fingerprint density at radius 1 is 1.08 bits per heavy atom. The number of thioether (sulfide) groups is 1. The highest BCUT2D eigenvalue weighted by Crippen LogP contribution is 2.49. The number of amides is 2. The molecule has 5 aliphatic rings. The van der Waals surface area contributed by atoms with Crippen LogP contribution in [0.5, 0.6) is 0 Å². The first-order chi connectivity index (χ1) is 25.8. The number of rotatable bonds is 9. The lowest BCUT2D eigenvalue weighted by Gasteiger charge is -2.33. The number of nitrogens with zero attached hydrogens (tertiary/aromatic N) is 8. The summed E-state index contributed by atoms with van der Waals surface area (Å²) in [6, 6.07) is 5.62. The predicted octanol–water partition coefficient (Wildman–Crippen LogP) is 4.97. The number of aliphatic imine (C=N–C) groups is 1. The SMILES string of the molecule is Cc1nnc2n1C1=C(C(C3CCC(Cl)CC3)=NC2)C(C)C(C#Cc2cn(CCCCCc3cccc4c3CN(C3CCC(=O)NC3=O)C4CO)nn2)S1. The number of hydrogen-bond acceptors (Lipinski definition) is 10. The van der Waals surface area contributed by atoms with Crippen LogP contribution in [-0.4, -0.2) is 80.6 Å². The molecule has 8 rings (SSSR count). The molecule has 12 nitrogen and oxygen atoms in total. The first kappa shape index (κ1) is 36.2. The molecule has 4 atom stereocenters. The summed E-state index contributed by atoms with van der Waals surface area (Å²) in [6.45, 7) is 6.12. The Hall–Kier alpha value is -3.83. The number of unbranched alkanes of at least 4 members (excludes halogenated alkanes) is 2. The Balaban J connectivity index is 0.865. The first-order valence-corrected chi connectivity index (χ1v) is 20.3. The van der Waals surface area contributed by atoms with Crippen molar-refractivity contribution in [2.75, 3.05) is 6.61 Å². The van der Waals surface area contributed by atoms with Crippen LogP contribution in [-0.2, 0) is 35.6 Å². The number of halogens is 1.